The van der Waals surface area contributed by atoms with Crippen LogP contribution < -0.4 is 14.2 Å². The van der Waals surface area contributed by atoms with Crippen molar-refractivity contribution in [3.05, 3.63) is 53.6 Å². The van der Waals surface area contributed by atoms with Gasteiger partial charge in [-0.1, -0.05) is 31.4 Å². The van der Waals surface area contributed by atoms with Crippen LogP contribution in [0.2, 0.25) is 0 Å². The zero-order chi connectivity index (χ0) is 26.4. The summed E-state index contributed by atoms with van der Waals surface area (Å²) in [5.74, 6) is 1.15. The van der Waals surface area contributed by atoms with E-state index >= 15 is 0 Å². The third-order valence-corrected chi connectivity index (χ3v) is 7.33. The van der Waals surface area contributed by atoms with Gasteiger partial charge in [0.15, 0.2) is 0 Å². The van der Waals surface area contributed by atoms with E-state index < -0.39 is 18.0 Å². The largest absolute Gasteiger partial charge is 0.497 e. The fourth-order valence-electron chi connectivity index (χ4n) is 5.28. The van der Waals surface area contributed by atoms with Crippen LogP contribution in [-0.4, -0.2) is 50.5 Å². The first-order valence-electron chi connectivity index (χ1n) is 12.8. The fraction of sp³-hybridized carbons (Fsp3) is 0.483. The second kappa shape index (κ2) is 12.1. The van der Waals surface area contributed by atoms with E-state index in [0.29, 0.717) is 35.5 Å². The van der Waals surface area contributed by atoms with Gasteiger partial charge >= 0.3 is 12.0 Å². The predicted molar refractivity (Wildman–Crippen MR) is 140 cm³/mol. The molecule has 0 N–H and O–H groups in total. The highest BCUT2D eigenvalue weighted by molar-refractivity contribution is 6.08. The Labute approximate surface area is 218 Å². The lowest BCUT2D eigenvalue weighted by atomic mass is 9.86. The van der Waals surface area contributed by atoms with Crippen molar-refractivity contribution in [2.75, 3.05) is 27.9 Å². The molecule has 2 amide bonds. The van der Waals surface area contributed by atoms with Gasteiger partial charge in [0.05, 0.1) is 40.5 Å². The van der Waals surface area contributed by atoms with Gasteiger partial charge in [-0.25, -0.2) is 9.79 Å². The Balaban J connectivity index is 1.69. The van der Waals surface area contributed by atoms with Crippen molar-refractivity contribution in [2.45, 2.75) is 51.6 Å². The average Bonchev–Trinajstić information content (AvgIpc) is 2.93. The van der Waals surface area contributed by atoms with Gasteiger partial charge in [-0.05, 0) is 55.5 Å². The zero-order valence-corrected chi connectivity index (χ0v) is 22.1. The first kappa shape index (κ1) is 26.5. The minimum Gasteiger partial charge on any atom is -0.497 e. The lowest BCUT2D eigenvalue weighted by molar-refractivity contribution is -0.149. The maximum atomic E-state index is 13.6. The highest BCUT2D eigenvalue weighted by atomic mass is 16.5. The Bertz CT molecular complexity index is 1140. The quantitative estimate of drug-likeness (QED) is 0.411. The molecule has 1 fully saturated rings. The summed E-state index contributed by atoms with van der Waals surface area (Å²) in [7, 11) is 4.75. The van der Waals surface area contributed by atoms with E-state index in [1.54, 1.807) is 39.2 Å². The molecule has 1 aliphatic heterocycles. The van der Waals surface area contributed by atoms with Crippen LogP contribution in [0.4, 0.5) is 4.79 Å². The van der Waals surface area contributed by atoms with Crippen molar-refractivity contribution in [1.29, 1.82) is 0 Å². The van der Waals surface area contributed by atoms with Gasteiger partial charge < -0.3 is 23.8 Å². The molecule has 2 atom stereocenters. The summed E-state index contributed by atoms with van der Waals surface area (Å²) in [5, 5.41) is 0. The summed E-state index contributed by atoms with van der Waals surface area (Å²) in [4.78, 5) is 32.8. The van der Waals surface area contributed by atoms with Gasteiger partial charge in [0.1, 0.15) is 23.2 Å². The number of hydrogen-bond acceptors (Lipinski definition) is 6. The molecule has 8 nitrogen and oxygen atoms in total. The van der Waals surface area contributed by atoms with Gasteiger partial charge in [-0.15, -0.1) is 0 Å². The van der Waals surface area contributed by atoms with Crippen molar-refractivity contribution in [3.63, 3.8) is 0 Å². The lowest BCUT2D eigenvalue weighted by Gasteiger charge is -2.39. The second-order valence-electron chi connectivity index (χ2n) is 9.67. The molecule has 1 saturated carbocycles. The minimum atomic E-state index is -0.738. The van der Waals surface area contributed by atoms with Crippen LogP contribution in [0.3, 0.4) is 0 Å². The number of carbonyl (C=O) groups excluding carboxylic acids is 2. The highest BCUT2D eigenvalue weighted by Gasteiger charge is 2.43. The van der Waals surface area contributed by atoms with Gasteiger partial charge in [0, 0.05) is 17.3 Å². The maximum Gasteiger partial charge on any atom is 0.344 e. The topological polar surface area (TPSA) is 86.7 Å². The minimum absolute atomic E-state index is 0.192. The normalized spacial score (nSPS) is 20.3. The Morgan fingerprint density at radius 3 is 2.41 bits per heavy atom. The van der Waals surface area contributed by atoms with Gasteiger partial charge in [0.2, 0.25) is 0 Å². The Morgan fingerprint density at radius 1 is 0.973 bits per heavy atom. The molecule has 0 radical (unpaired) electrons. The van der Waals surface area contributed by atoms with Gasteiger partial charge in [-0.2, -0.15) is 0 Å². The number of ether oxygens (including phenoxy) is 4. The van der Waals surface area contributed by atoms with E-state index in [2.05, 4.69) is 4.99 Å². The summed E-state index contributed by atoms with van der Waals surface area (Å²) in [6.07, 6.45) is 5.73. The van der Waals surface area contributed by atoms with Crippen LogP contribution in [0.25, 0.3) is 0 Å². The zero-order valence-electron chi connectivity index (χ0n) is 22.1. The summed E-state index contributed by atoms with van der Waals surface area (Å²) in [6.45, 7) is 2.31. The van der Waals surface area contributed by atoms with Crippen molar-refractivity contribution < 1.29 is 28.5 Å². The van der Waals surface area contributed by atoms with E-state index in [9.17, 15) is 9.59 Å². The van der Waals surface area contributed by atoms with E-state index in [-0.39, 0.29) is 12.5 Å². The Kier molecular flexibility index (Phi) is 8.69. The number of aliphatic imine (C=N–C) groups is 1. The van der Waals surface area contributed by atoms with E-state index in [4.69, 9.17) is 18.9 Å². The number of esters is 1. The molecule has 4 rings (SSSR count). The second-order valence-corrected chi connectivity index (χ2v) is 9.67. The van der Waals surface area contributed by atoms with Crippen molar-refractivity contribution in [2.24, 2.45) is 16.8 Å². The summed E-state index contributed by atoms with van der Waals surface area (Å²) in [6, 6.07) is 11.9. The van der Waals surface area contributed by atoms with Crippen molar-refractivity contribution in [3.8, 4) is 17.2 Å². The fourth-order valence-corrected chi connectivity index (χ4v) is 5.28. The molecular formula is C29H36N2O6. The van der Waals surface area contributed by atoms with Crippen LogP contribution in [-0.2, 0) is 16.1 Å². The molecule has 2 aromatic rings. The number of methoxy groups -OCH3 is 3. The van der Waals surface area contributed by atoms with Crippen LogP contribution in [0.15, 0.2) is 47.5 Å². The number of amides is 2. The summed E-state index contributed by atoms with van der Waals surface area (Å²) in [5.41, 5.74) is 1.99. The SMILES string of the molecule is COc1cccc(C2C(C(=O)OCC3CCCCC3)C(C)=NC(=O)N2Cc2ccc(OC)cc2OC)c1. The van der Waals surface area contributed by atoms with Crippen LogP contribution in [0.5, 0.6) is 17.2 Å². The van der Waals surface area contributed by atoms with Crippen LogP contribution in [0, 0.1) is 11.8 Å². The van der Waals surface area contributed by atoms with Crippen molar-refractivity contribution >= 4 is 17.7 Å². The van der Waals surface area contributed by atoms with Crippen LogP contribution >= 0.6 is 0 Å². The summed E-state index contributed by atoms with van der Waals surface area (Å²) < 4.78 is 22.2. The number of rotatable bonds is 9. The molecule has 0 saturated heterocycles. The maximum absolute atomic E-state index is 13.6. The molecule has 37 heavy (non-hydrogen) atoms. The molecule has 0 bridgehead atoms. The smallest absolute Gasteiger partial charge is 0.344 e. The Morgan fingerprint density at radius 2 is 1.70 bits per heavy atom. The molecule has 1 aliphatic carbocycles. The molecule has 2 aliphatic rings. The molecule has 1 heterocycles. The van der Waals surface area contributed by atoms with Gasteiger partial charge in [-0.3, -0.25) is 4.79 Å². The van der Waals surface area contributed by atoms with Crippen LogP contribution in [0.1, 0.15) is 56.2 Å². The number of urea groups is 1. The first-order valence-corrected chi connectivity index (χ1v) is 12.8. The molecule has 2 unspecified atom stereocenters. The van der Waals surface area contributed by atoms with Crippen molar-refractivity contribution in [1.82, 2.24) is 4.90 Å². The van der Waals surface area contributed by atoms with E-state index in [1.807, 2.05) is 36.4 Å². The Hall–Kier alpha value is -3.55. The lowest BCUT2D eigenvalue weighted by Crippen LogP contribution is -2.47. The molecule has 8 heteroatoms. The predicted octanol–water partition coefficient (Wildman–Crippen LogP) is 5.59. The number of nitrogens with zero attached hydrogens (tertiary/aromatic N) is 2. The number of benzene rings is 2. The van der Waals surface area contributed by atoms with Gasteiger partial charge in [0.25, 0.3) is 0 Å². The number of hydrogen-bond donors (Lipinski definition) is 0. The molecule has 0 spiro atoms. The monoisotopic (exact) mass is 508 g/mol. The third-order valence-electron chi connectivity index (χ3n) is 7.33. The first-order chi connectivity index (χ1) is 17.9. The standard InChI is InChI=1S/C29H36N2O6/c1-19-26(28(32)37-18-20-9-6-5-7-10-20)27(21-11-8-12-23(15-21)34-2)31(29(33)30-19)17-22-13-14-24(35-3)16-25(22)36-4/h8,11-16,20,26-27H,5-7,9-10,17-18H2,1-4H3. The molecule has 198 valence electrons. The molecular weight excluding hydrogens is 472 g/mol. The number of carbonyl (C=O) groups is 2. The van der Waals surface area contributed by atoms with E-state index in [1.165, 1.54) is 19.3 Å². The van der Waals surface area contributed by atoms with E-state index in [0.717, 1.165) is 24.0 Å². The molecule has 2 aromatic carbocycles. The molecule has 0 aromatic heterocycles. The average molecular weight is 509 g/mol. The highest BCUT2D eigenvalue weighted by Crippen LogP contribution is 2.39. The third kappa shape index (κ3) is 6.06. The summed E-state index contributed by atoms with van der Waals surface area (Å²) >= 11 is 0.